The average molecular weight is 519 g/mol. The van der Waals surface area contributed by atoms with E-state index >= 15 is 0 Å². The SMILES string of the molecule is CC1=C(CN2CCN(C(=O)[C@H](C)O)CC2)Cc2c1nc(-c1cnc3nc(C)[nH]c3c1)nc2N1CCOCC1. The molecular weight excluding hydrogens is 484 g/mol. The molecule has 1 aliphatic carbocycles. The molecule has 1 amide bonds. The van der Waals surface area contributed by atoms with Crippen molar-refractivity contribution in [3.05, 3.63) is 34.9 Å². The van der Waals surface area contributed by atoms with Crippen molar-refractivity contribution in [2.24, 2.45) is 0 Å². The lowest BCUT2D eigenvalue weighted by Crippen LogP contribution is -2.51. The zero-order chi connectivity index (χ0) is 26.4. The second-order valence-electron chi connectivity index (χ2n) is 10.4. The van der Waals surface area contributed by atoms with Gasteiger partial charge in [0, 0.05) is 69.6 Å². The van der Waals surface area contributed by atoms with Gasteiger partial charge in [0.05, 0.1) is 24.4 Å². The molecule has 2 aliphatic heterocycles. The second kappa shape index (κ2) is 10.0. The van der Waals surface area contributed by atoms with Gasteiger partial charge in [-0.1, -0.05) is 0 Å². The highest BCUT2D eigenvalue weighted by Crippen LogP contribution is 2.38. The number of H-pyrrole nitrogens is 1. The summed E-state index contributed by atoms with van der Waals surface area (Å²) < 4.78 is 5.62. The van der Waals surface area contributed by atoms with Crippen LogP contribution in [0.3, 0.4) is 0 Å². The lowest BCUT2D eigenvalue weighted by atomic mass is 10.1. The molecule has 11 heteroatoms. The van der Waals surface area contributed by atoms with Gasteiger partial charge in [-0.2, -0.15) is 0 Å². The number of allylic oxidation sites excluding steroid dienone is 1. The third-order valence-electron chi connectivity index (χ3n) is 7.74. The Bertz CT molecular complexity index is 1400. The Morgan fingerprint density at radius 3 is 2.61 bits per heavy atom. The van der Waals surface area contributed by atoms with Crippen molar-refractivity contribution in [2.45, 2.75) is 33.3 Å². The van der Waals surface area contributed by atoms with Gasteiger partial charge in [-0.05, 0) is 38.0 Å². The molecule has 0 aromatic carbocycles. The predicted octanol–water partition coefficient (Wildman–Crippen LogP) is 1.41. The highest BCUT2D eigenvalue weighted by Gasteiger charge is 2.31. The van der Waals surface area contributed by atoms with Gasteiger partial charge >= 0.3 is 0 Å². The number of rotatable bonds is 5. The van der Waals surface area contributed by atoms with Crippen molar-refractivity contribution in [3.8, 4) is 11.4 Å². The number of piperazine rings is 1. The fraction of sp³-hybridized carbons (Fsp3) is 0.519. The smallest absolute Gasteiger partial charge is 0.251 e. The first-order chi connectivity index (χ1) is 18.4. The maximum Gasteiger partial charge on any atom is 0.251 e. The maximum absolute atomic E-state index is 12.2. The first-order valence-corrected chi connectivity index (χ1v) is 13.3. The maximum atomic E-state index is 12.2. The Kier molecular flexibility index (Phi) is 6.58. The topological polar surface area (TPSA) is 124 Å². The lowest BCUT2D eigenvalue weighted by Gasteiger charge is -2.35. The van der Waals surface area contributed by atoms with E-state index in [1.807, 2.05) is 13.0 Å². The molecule has 0 unspecified atom stereocenters. The van der Waals surface area contributed by atoms with Crippen molar-refractivity contribution in [3.63, 3.8) is 0 Å². The third kappa shape index (κ3) is 4.65. The number of ether oxygens (including phenoxy) is 1. The summed E-state index contributed by atoms with van der Waals surface area (Å²) in [6.07, 6.45) is 1.67. The Labute approximate surface area is 221 Å². The molecular formula is C27H34N8O3. The van der Waals surface area contributed by atoms with Crippen molar-refractivity contribution < 1.29 is 14.6 Å². The summed E-state index contributed by atoms with van der Waals surface area (Å²) >= 11 is 0. The van der Waals surface area contributed by atoms with Gasteiger partial charge < -0.3 is 24.6 Å². The number of aliphatic hydroxyl groups excluding tert-OH is 1. The lowest BCUT2D eigenvalue weighted by molar-refractivity contribution is -0.140. The number of fused-ring (bicyclic) bond motifs is 2. The number of amides is 1. The number of nitrogens with zero attached hydrogens (tertiary/aromatic N) is 7. The van der Waals surface area contributed by atoms with Crippen molar-refractivity contribution >= 4 is 28.5 Å². The number of hydrogen-bond donors (Lipinski definition) is 2. The quantitative estimate of drug-likeness (QED) is 0.516. The molecule has 2 N–H and O–H groups in total. The summed E-state index contributed by atoms with van der Waals surface area (Å²) in [5.74, 6) is 2.28. The molecule has 6 rings (SSSR count). The van der Waals surface area contributed by atoms with E-state index in [-0.39, 0.29) is 5.91 Å². The highest BCUT2D eigenvalue weighted by atomic mass is 16.5. The first kappa shape index (κ1) is 24.9. The van der Waals surface area contributed by atoms with Crippen LogP contribution in [0.4, 0.5) is 5.82 Å². The number of aryl methyl sites for hydroxylation is 1. The van der Waals surface area contributed by atoms with Crippen molar-refractivity contribution in [1.29, 1.82) is 0 Å². The zero-order valence-electron chi connectivity index (χ0n) is 22.2. The second-order valence-corrected chi connectivity index (χ2v) is 10.4. The predicted molar refractivity (Wildman–Crippen MR) is 144 cm³/mol. The number of aromatic amines is 1. The molecule has 11 nitrogen and oxygen atoms in total. The van der Waals surface area contributed by atoms with E-state index in [0.717, 1.165) is 67.6 Å². The molecule has 1 atom stereocenters. The first-order valence-electron chi connectivity index (χ1n) is 13.3. The molecule has 0 saturated carbocycles. The van der Waals surface area contributed by atoms with Gasteiger partial charge in [0.25, 0.3) is 5.91 Å². The number of imidazole rings is 1. The monoisotopic (exact) mass is 518 g/mol. The molecule has 0 spiro atoms. The molecule has 200 valence electrons. The number of aliphatic hydroxyl groups is 1. The van der Waals surface area contributed by atoms with E-state index in [1.165, 1.54) is 23.6 Å². The van der Waals surface area contributed by atoms with Crippen LogP contribution in [0.2, 0.25) is 0 Å². The van der Waals surface area contributed by atoms with Gasteiger partial charge in [-0.25, -0.2) is 19.9 Å². The fourth-order valence-electron chi connectivity index (χ4n) is 5.60. The van der Waals surface area contributed by atoms with Gasteiger partial charge in [0.2, 0.25) is 0 Å². The number of hydrogen-bond acceptors (Lipinski definition) is 9. The van der Waals surface area contributed by atoms with E-state index < -0.39 is 6.10 Å². The number of nitrogens with one attached hydrogen (secondary N) is 1. The van der Waals surface area contributed by atoms with E-state index in [4.69, 9.17) is 14.7 Å². The van der Waals surface area contributed by atoms with Crippen LogP contribution in [-0.4, -0.2) is 111 Å². The zero-order valence-corrected chi connectivity index (χ0v) is 22.2. The molecule has 0 bridgehead atoms. The summed E-state index contributed by atoms with van der Waals surface area (Å²) in [5, 5.41) is 9.65. The fourth-order valence-corrected chi connectivity index (χ4v) is 5.60. The van der Waals surface area contributed by atoms with Gasteiger partial charge in [-0.3, -0.25) is 9.69 Å². The van der Waals surface area contributed by atoms with E-state index in [1.54, 1.807) is 11.1 Å². The summed E-state index contributed by atoms with van der Waals surface area (Å²) in [7, 11) is 0. The van der Waals surface area contributed by atoms with Crippen LogP contribution in [0, 0.1) is 6.92 Å². The Morgan fingerprint density at radius 1 is 1.11 bits per heavy atom. The van der Waals surface area contributed by atoms with Crippen molar-refractivity contribution in [1.82, 2.24) is 34.7 Å². The number of aromatic nitrogens is 5. The highest BCUT2D eigenvalue weighted by molar-refractivity contribution is 5.81. The number of pyridine rings is 1. The molecule has 0 radical (unpaired) electrons. The molecule has 3 aliphatic rings. The molecule has 2 fully saturated rings. The largest absolute Gasteiger partial charge is 0.384 e. The summed E-state index contributed by atoms with van der Waals surface area (Å²) in [5.41, 5.74) is 7.15. The molecule has 38 heavy (non-hydrogen) atoms. The van der Waals surface area contributed by atoms with Crippen LogP contribution in [0.25, 0.3) is 28.1 Å². The van der Waals surface area contributed by atoms with Crippen molar-refractivity contribution in [2.75, 3.05) is 63.9 Å². The average Bonchev–Trinajstić information content (AvgIpc) is 3.46. The molecule has 2 saturated heterocycles. The van der Waals surface area contributed by atoms with E-state index in [0.29, 0.717) is 37.8 Å². The number of carbonyl (C=O) groups excluding carboxylic acids is 1. The molecule has 3 aromatic rings. The van der Waals surface area contributed by atoms with E-state index in [9.17, 15) is 9.90 Å². The van der Waals surface area contributed by atoms with Crippen LogP contribution in [0.1, 0.15) is 30.9 Å². The van der Waals surface area contributed by atoms with Gasteiger partial charge in [0.1, 0.15) is 17.7 Å². The summed E-state index contributed by atoms with van der Waals surface area (Å²) in [4.78, 5) is 41.0. The minimum Gasteiger partial charge on any atom is -0.384 e. The Hall–Kier alpha value is -3.41. The van der Waals surface area contributed by atoms with Crippen LogP contribution >= 0.6 is 0 Å². The minimum absolute atomic E-state index is 0.191. The molecule has 3 aromatic heterocycles. The van der Waals surface area contributed by atoms with Crippen LogP contribution in [0.15, 0.2) is 17.8 Å². The van der Waals surface area contributed by atoms with Crippen LogP contribution < -0.4 is 4.90 Å². The van der Waals surface area contributed by atoms with Crippen LogP contribution in [0.5, 0.6) is 0 Å². The van der Waals surface area contributed by atoms with E-state index in [2.05, 4.69) is 31.7 Å². The van der Waals surface area contributed by atoms with Crippen LogP contribution in [-0.2, 0) is 16.0 Å². The normalized spacial score (nSPS) is 19.4. The van der Waals surface area contributed by atoms with Gasteiger partial charge in [0.15, 0.2) is 11.5 Å². The summed E-state index contributed by atoms with van der Waals surface area (Å²) in [6.45, 7) is 12.3. The third-order valence-corrected chi connectivity index (χ3v) is 7.74. The Morgan fingerprint density at radius 2 is 1.87 bits per heavy atom. The Balaban J connectivity index is 1.30. The number of morpholine rings is 1. The minimum atomic E-state index is -0.949. The summed E-state index contributed by atoms with van der Waals surface area (Å²) in [6, 6.07) is 2.02. The molecule has 5 heterocycles. The van der Waals surface area contributed by atoms with Gasteiger partial charge in [-0.15, -0.1) is 0 Å². The number of carbonyl (C=O) groups is 1. The number of anilines is 1. The standard InChI is InChI=1S/C27H34N8O3/c1-16-20(15-33-4-6-35(7-5-33)27(37)17(2)36)12-21-23(16)31-24(32-26(21)34-8-10-38-11-9-34)19-13-22-25(28-14-19)30-18(3)29-22/h13-14,17,36H,4-12,15H2,1-3H3,(H,28,29,30)/t17-/m0/s1.